The molecule has 6 nitrogen and oxygen atoms in total. The van der Waals surface area contributed by atoms with E-state index in [2.05, 4.69) is 31.2 Å². The van der Waals surface area contributed by atoms with Gasteiger partial charge in [-0.2, -0.15) is 5.10 Å². The van der Waals surface area contributed by atoms with Crippen LogP contribution in [0.4, 0.5) is 5.69 Å². The Hall–Kier alpha value is -3.41. The lowest BCUT2D eigenvalue weighted by atomic mass is 10.0. The summed E-state index contributed by atoms with van der Waals surface area (Å²) < 4.78 is 3.28. The van der Waals surface area contributed by atoms with Crippen molar-refractivity contribution in [3.8, 4) is 0 Å². The van der Waals surface area contributed by atoms with E-state index in [0.29, 0.717) is 17.1 Å². The number of aryl methyl sites for hydroxylation is 1. The van der Waals surface area contributed by atoms with Crippen molar-refractivity contribution in [2.24, 2.45) is 0 Å². The highest BCUT2D eigenvalue weighted by Crippen LogP contribution is 2.26. The van der Waals surface area contributed by atoms with Crippen molar-refractivity contribution in [2.45, 2.75) is 46.2 Å². The fourth-order valence-electron chi connectivity index (χ4n) is 3.85. The van der Waals surface area contributed by atoms with Crippen LogP contribution in [0, 0.1) is 0 Å². The summed E-state index contributed by atoms with van der Waals surface area (Å²) in [5.74, 6) is 0.151. The van der Waals surface area contributed by atoms with Gasteiger partial charge in [-0.15, -0.1) is 0 Å². The molecule has 0 saturated heterocycles. The number of fused-ring (bicyclic) bond motifs is 3. The first-order valence-electron chi connectivity index (χ1n) is 10.4. The molecule has 0 unspecified atom stereocenters. The van der Waals surface area contributed by atoms with E-state index in [4.69, 9.17) is 0 Å². The highest BCUT2D eigenvalue weighted by Gasteiger charge is 2.16. The molecule has 0 aliphatic carbocycles. The molecule has 4 rings (SSSR count). The summed E-state index contributed by atoms with van der Waals surface area (Å²) >= 11 is 0. The predicted octanol–water partition coefficient (Wildman–Crippen LogP) is 4.52. The number of carbonyl (C=O) groups is 1. The highest BCUT2D eigenvalue weighted by molar-refractivity contribution is 6.07. The number of anilines is 1. The molecule has 1 amide bonds. The minimum absolute atomic E-state index is 0.131. The first-order valence-corrected chi connectivity index (χ1v) is 10.4. The van der Waals surface area contributed by atoms with E-state index in [0.717, 1.165) is 29.3 Å². The summed E-state index contributed by atoms with van der Waals surface area (Å²) in [6.07, 6.45) is 2.60. The minimum Gasteiger partial charge on any atom is -0.336 e. The van der Waals surface area contributed by atoms with Gasteiger partial charge in [0.15, 0.2) is 0 Å². The van der Waals surface area contributed by atoms with Crippen LogP contribution in [-0.2, 0) is 17.9 Å². The van der Waals surface area contributed by atoms with E-state index in [1.165, 1.54) is 10.2 Å². The normalized spacial score (nSPS) is 11.5. The molecule has 0 spiro atoms. The monoisotopic (exact) mass is 402 g/mol. The lowest BCUT2D eigenvalue weighted by Crippen LogP contribution is -2.30. The molecule has 6 heteroatoms. The van der Waals surface area contributed by atoms with Crippen LogP contribution >= 0.6 is 0 Å². The summed E-state index contributed by atoms with van der Waals surface area (Å²) in [7, 11) is 0. The molecule has 30 heavy (non-hydrogen) atoms. The third kappa shape index (κ3) is 3.61. The number of aromatic nitrogens is 3. The van der Waals surface area contributed by atoms with Gasteiger partial charge in [0.25, 0.3) is 5.56 Å². The van der Waals surface area contributed by atoms with Gasteiger partial charge in [-0.05, 0) is 36.1 Å². The van der Waals surface area contributed by atoms with Crippen LogP contribution in [0.5, 0.6) is 0 Å². The summed E-state index contributed by atoms with van der Waals surface area (Å²) in [4.78, 5) is 25.8. The highest BCUT2D eigenvalue weighted by atomic mass is 16.2. The number of hydrogen-bond acceptors (Lipinski definition) is 3. The molecule has 0 bridgehead atoms. The second-order valence-electron chi connectivity index (χ2n) is 7.86. The molecule has 4 aromatic rings. The zero-order chi connectivity index (χ0) is 21.3. The van der Waals surface area contributed by atoms with Crippen LogP contribution < -0.4 is 10.9 Å². The Kier molecular flexibility index (Phi) is 5.40. The topological polar surface area (TPSA) is 68.9 Å². The third-order valence-corrected chi connectivity index (χ3v) is 5.37. The van der Waals surface area contributed by atoms with Crippen LogP contribution in [0.25, 0.3) is 21.8 Å². The smallest absolute Gasteiger partial charge is 0.291 e. The van der Waals surface area contributed by atoms with Gasteiger partial charge in [0.2, 0.25) is 5.91 Å². The van der Waals surface area contributed by atoms with E-state index >= 15 is 0 Å². The molecule has 0 radical (unpaired) electrons. The van der Waals surface area contributed by atoms with E-state index in [1.807, 2.05) is 53.1 Å². The van der Waals surface area contributed by atoms with Gasteiger partial charge in [0.1, 0.15) is 12.1 Å². The van der Waals surface area contributed by atoms with Crippen LogP contribution in [-0.4, -0.2) is 20.3 Å². The van der Waals surface area contributed by atoms with E-state index in [-0.39, 0.29) is 18.0 Å². The van der Waals surface area contributed by atoms with Crippen molar-refractivity contribution in [2.75, 3.05) is 5.32 Å². The van der Waals surface area contributed by atoms with Crippen LogP contribution in [0.15, 0.2) is 59.5 Å². The van der Waals surface area contributed by atoms with Gasteiger partial charge < -0.3 is 9.88 Å². The van der Waals surface area contributed by atoms with Gasteiger partial charge in [-0.3, -0.25) is 9.59 Å². The summed E-state index contributed by atoms with van der Waals surface area (Å²) in [5, 5.41) is 8.96. The molecule has 0 fully saturated rings. The quantitative estimate of drug-likeness (QED) is 0.515. The van der Waals surface area contributed by atoms with Gasteiger partial charge in [-0.1, -0.05) is 51.1 Å². The predicted molar refractivity (Wildman–Crippen MR) is 121 cm³/mol. The van der Waals surface area contributed by atoms with Gasteiger partial charge in [0.05, 0.1) is 6.20 Å². The molecule has 154 valence electrons. The molecule has 2 aromatic carbocycles. The van der Waals surface area contributed by atoms with E-state index in [9.17, 15) is 9.59 Å². The molecule has 1 N–H and O–H groups in total. The van der Waals surface area contributed by atoms with Crippen molar-refractivity contribution < 1.29 is 4.79 Å². The minimum atomic E-state index is -0.278. The van der Waals surface area contributed by atoms with Gasteiger partial charge in [-0.25, -0.2) is 4.68 Å². The van der Waals surface area contributed by atoms with Crippen LogP contribution in [0.3, 0.4) is 0 Å². The molecule has 0 saturated carbocycles. The SMILES string of the molecule is CCCn1c2ccccc2c2cnn(CC(=O)Nc3ccc(C(C)C)cc3)c(=O)c21. The fourth-order valence-corrected chi connectivity index (χ4v) is 3.85. The van der Waals surface area contributed by atoms with Crippen LogP contribution in [0.1, 0.15) is 38.7 Å². The molecular formula is C24H26N4O2. The number of hydrogen-bond donors (Lipinski definition) is 1. The molecule has 2 heterocycles. The standard InChI is InChI=1S/C24H26N4O2/c1-4-13-27-21-8-6-5-7-19(21)20-14-25-28(24(30)23(20)27)15-22(29)26-18-11-9-17(10-12-18)16(2)3/h5-12,14,16H,4,13,15H2,1-3H3,(H,26,29). The second kappa shape index (κ2) is 8.14. The maximum absolute atomic E-state index is 13.2. The first kappa shape index (κ1) is 19.9. The Morgan fingerprint density at radius 2 is 1.80 bits per heavy atom. The van der Waals surface area contributed by atoms with E-state index in [1.54, 1.807) is 6.20 Å². The fraction of sp³-hybridized carbons (Fsp3) is 0.292. The average molecular weight is 402 g/mol. The number of amides is 1. The number of benzene rings is 2. The number of carbonyl (C=O) groups excluding carboxylic acids is 1. The Morgan fingerprint density at radius 1 is 1.07 bits per heavy atom. The zero-order valence-electron chi connectivity index (χ0n) is 17.6. The maximum Gasteiger partial charge on any atom is 0.291 e. The van der Waals surface area contributed by atoms with Gasteiger partial charge in [0, 0.05) is 28.5 Å². The Labute approximate surface area is 175 Å². The molecule has 2 aromatic heterocycles. The van der Waals surface area contributed by atoms with Crippen molar-refractivity contribution >= 4 is 33.4 Å². The molecule has 0 atom stereocenters. The second-order valence-corrected chi connectivity index (χ2v) is 7.86. The lowest BCUT2D eigenvalue weighted by Gasteiger charge is -2.10. The number of para-hydroxylation sites is 1. The Bertz CT molecular complexity index is 1270. The van der Waals surface area contributed by atoms with Crippen molar-refractivity contribution in [1.82, 2.24) is 14.3 Å². The summed E-state index contributed by atoms with van der Waals surface area (Å²) in [6, 6.07) is 15.7. The lowest BCUT2D eigenvalue weighted by molar-refractivity contribution is -0.117. The van der Waals surface area contributed by atoms with Crippen molar-refractivity contribution in [3.05, 3.63) is 70.6 Å². The number of rotatable bonds is 6. The largest absolute Gasteiger partial charge is 0.336 e. The Morgan fingerprint density at radius 3 is 2.50 bits per heavy atom. The third-order valence-electron chi connectivity index (χ3n) is 5.37. The maximum atomic E-state index is 13.2. The molecular weight excluding hydrogens is 376 g/mol. The summed E-state index contributed by atoms with van der Waals surface area (Å²) in [6.45, 7) is 6.93. The summed E-state index contributed by atoms with van der Waals surface area (Å²) in [5.41, 5.74) is 3.28. The van der Waals surface area contributed by atoms with E-state index < -0.39 is 0 Å². The molecule has 0 aliphatic rings. The first-order chi connectivity index (χ1) is 14.5. The zero-order valence-corrected chi connectivity index (χ0v) is 17.6. The number of nitrogens with zero attached hydrogens (tertiary/aromatic N) is 3. The van der Waals surface area contributed by atoms with Crippen LogP contribution in [0.2, 0.25) is 0 Å². The number of nitrogens with one attached hydrogen (secondary N) is 1. The van der Waals surface area contributed by atoms with Crippen molar-refractivity contribution in [1.29, 1.82) is 0 Å². The van der Waals surface area contributed by atoms with Gasteiger partial charge >= 0.3 is 0 Å². The molecule has 0 aliphatic heterocycles. The average Bonchev–Trinajstić information content (AvgIpc) is 3.05. The Balaban J connectivity index is 1.65. The van der Waals surface area contributed by atoms with Crippen molar-refractivity contribution in [3.63, 3.8) is 0 Å².